The standard InChI is InChI=1S/C30H40N2O7/c1-30(2,3)39-29(35)32-14-13-23(19-8-5-4-6-9-19)26(32)27(33)31-21-11-12-24-20(16-21)17-25(38-24)28(34)37-18-22-10-7-15-36-22/h11-12,16-17,19,22-23,26H,4-10,13-15,18H2,1-3H3,(H,31,33)/t22-,23-,26-/m0/s1. The second-order valence-electron chi connectivity index (χ2n) is 12.1. The Morgan fingerprint density at radius 3 is 2.54 bits per heavy atom. The van der Waals surface area contributed by atoms with E-state index in [0.29, 0.717) is 35.7 Å². The van der Waals surface area contributed by atoms with Crippen LogP contribution in [-0.2, 0) is 19.0 Å². The van der Waals surface area contributed by atoms with Crippen LogP contribution in [0.2, 0.25) is 0 Å². The first-order valence-corrected chi connectivity index (χ1v) is 14.3. The molecule has 0 radical (unpaired) electrons. The molecule has 3 heterocycles. The summed E-state index contributed by atoms with van der Waals surface area (Å²) in [6.45, 7) is 6.91. The number of nitrogens with one attached hydrogen (secondary N) is 1. The van der Waals surface area contributed by atoms with Crippen LogP contribution < -0.4 is 5.32 Å². The van der Waals surface area contributed by atoms with Crippen molar-refractivity contribution in [3.8, 4) is 0 Å². The van der Waals surface area contributed by atoms with E-state index in [2.05, 4.69) is 5.32 Å². The Labute approximate surface area is 229 Å². The van der Waals surface area contributed by atoms with Crippen LogP contribution in [0, 0.1) is 11.8 Å². The van der Waals surface area contributed by atoms with E-state index < -0.39 is 23.7 Å². The van der Waals surface area contributed by atoms with Crippen molar-refractivity contribution in [2.45, 2.75) is 89.9 Å². The van der Waals surface area contributed by atoms with Gasteiger partial charge in [0.25, 0.3) is 0 Å². The molecule has 5 rings (SSSR count). The number of furan rings is 1. The second-order valence-corrected chi connectivity index (χ2v) is 12.1. The zero-order valence-electron chi connectivity index (χ0n) is 23.2. The normalized spacial score (nSPS) is 24.2. The number of carbonyl (C=O) groups excluding carboxylic acids is 3. The molecule has 39 heavy (non-hydrogen) atoms. The molecule has 2 aromatic rings. The molecule has 3 aliphatic rings. The Morgan fingerprint density at radius 1 is 1.03 bits per heavy atom. The molecule has 3 atom stereocenters. The van der Waals surface area contributed by atoms with Crippen molar-refractivity contribution in [3.63, 3.8) is 0 Å². The van der Waals surface area contributed by atoms with E-state index in [9.17, 15) is 14.4 Å². The quantitative estimate of drug-likeness (QED) is 0.454. The van der Waals surface area contributed by atoms with Gasteiger partial charge in [0.05, 0.1) is 6.10 Å². The number of hydrogen-bond donors (Lipinski definition) is 1. The van der Waals surface area contributed by atoms with Gasteiger partial charge >= 0.3 is 12.1 Å². The SMILES string of the molecule is CC(C)(C)OC(=O)N1CC[C@@H](C2CCCCC2)[C@H]1C(=O)Nc1ccc2oc(C(=O)OC[C@@H]3CCCO3)cc2c1. The summed E-state index contributed by atoms with van der Waals surface area (Å²) in [6, 6.07) is 6.27. The van der Waals surface area contributed by atoms with Crippen molar-refractivity contribution in [1.82, 2.24) is 4.90 Å². The summed E-state index contributed by atoms with van der Waals surface area (Å²) in [5.41, 5.74) is 0.454. The number of carbonyl (C=O) groups is 3. The summed E-state index contributed by atoms with van der Waals surface area (Å²) in [6.07, 6.45) is 7.86. The maximum Gasteiger partial charge on any atom is 0.410 e. The van der Waals surface area contributed by atoms with Gasteiger partial charge in [0.1, 0.15) is 23.8 Å². The maximum atomic E-state index is 13.7. The van der Waals surface area contributed by atoms with Gasteiger partial charge in [-0.15, -0.1) is 0 Å². The average molecular weight is 541 g/mol. The van der Waals surface area contributed by atoms with Crippen molar-refractivity contribution in [2.75, 3.05) is 25.1 Å². The molecule has 0 spiro atoms. The number of likely N-dealkylation sites (tertiary alicyclic amines) is 1. The third-order valence-electron chi connectivity index (χ3n) is 8.01. The number of hydrogen-bond acceptors (Lipinski definition) is 7. The Hall–Kier alpha value is -3.07. The minimum Gasteiger partial charge on any atom is -0.457 e. The number of ether oxygens (including phenoxy) is 3. The molecule has 0 unspecified atom stereocenters. The predicted octanol–water partition coefficient (Wildman–Crippen LogP) is 5.91. The van der Waals surface area contributed by atoms with E-state index in [0.717, 1.165) is 44.9 Å². The Balaban J connectivity index is 1.30. The van der Waals surface area contributed by atoms with Crippen molar-refractivity contribution < 1.29 is 33.0 Å². The van der Waals surface area contributed by atoms with Gasteiger partial charge in [0.2, 0.25) is 11.7 Å². The van der Waals surface area contributed by atoms with Gasteiger partial charge in [0, 0.05) is 24.2 Å². The molecular weight excluding hydrogens is 500 g/mol. The molecule has 1 aromatic heterocycles. The van der Waals surface area contributed by atoms with Gasteiger partial charge in [-0.25, -0.2) is 9.59 Å². The summed E-state index contributed by atoms with van der Waals surface area (Å²) < 4.78 is 22.2. The van der Waals surface area contributed by atoms with Crippen molar-refractivity contribution >= 4 is 34.6 Å². The lowest BCUT2D eigenvalue weighted by molar-refractivity contribution is -0.122. The lowest BCUT2D eigenvalue weighted by Crippen LogP contribution is -2.49. The second kappa shape index (κ2) is 11.6. The third-order valence-corrected chi connectivity index (χ3v) is 8.01. The predicted molar refractivity (Wildman–Crippen MR) is 146 cm³/mol. The topological polar surface area (TPSA) is 107 Å². The molecule has 2 saturated heterocycles. The molecular formula is C30H40N2O7. The molecule has 1 aliphatic carbocycles. The molecule has 9 nitrogen and oxygen atoms in total. The number of rotatable bonds is 6. The number of benzene rings is 1. The van der Waals surface area contributed by atoms with Crippen LogP contribution in [0.15, 0.2) is 28.7 Å². The minimum atomic E-state index is -0.643. The van der Waals surface area contributed by atoms with Gasteiger partial charge < -0.3 is 23.9 Å². The van der Waals surface area contributed by atoms with E-state index in [1.165, 1.54) is 6.42 Å². The average Bonchev–Trinajstić information content (AvgIpc) is 3.66. The Kier molecular flexibility index (Phi) is 8.16. The highest BCUT2D eigenvalue weighted by Gasteiger charge is 2.46. The summed E-state index contributed by atoms with van der Waals surface area (Å²) in [4.78, 5) is 40.9. The van der Waals surface area contributed by atoms with Crippen LogP contribution in [-0.4, -0.2) is 60.4 Å². The van der Waals surface area contributed by atoms with E-state index in [1.807, 2.05) is 20.8 Å². The van der Waals surface area contributed by atoms with Gasteiger partial charge in [-0.3, -0.25) is 9.69 Å². The number of amides is 2. The van der Waals surface area contributed by atoms with Crippen LogP contribution in [0.5, 0.6) is 0 Å². The molecule has 9 heteroatoms. The molecule has 1 aromatic carbocycles. The fourth-order valence-corrected chi connectivity index (χ4v) is 6.19. The highest BCUT2D eigenvalue weighted by molar-refractivity contribution is 5.99. The molecule has 2 aliphatic heterocycles. The molecule has 1 saturated carbocycles. The van der Waals surface area contributed by atoms with E-state index in [-0.39, 0.29) is 30.3 Å². The van der Waals surface area contributed by atoms with Crippen LogP contribution >= 0.6 is 0 Å². The van der Waals surface area contributed by atoms with Crippen molar-refractivity contribution in [2.24, 2.45) is 11.8 Å². The van der Waals surface area contributed by atoms with Crippen LogP contribution in [0.25, 0.3) is 11.0 Å². The maximum absolute atomic E-state index is 13.7. The lowest BCUT2D eigenvalue weighted by Gasteiger charge is -2.34. The number of anilines is 1. The first-order chi connectivity index (χ1) is 18.7. The molecule has 0 bridgehead atoms. The zero-order valence-corrected chi connectivity index (χ0v) is 23.2. The van der Waals surface area contributed by atoms with Crippen molar-refractivity contribution in [3.05, 3.63) is 30.0 Å². The van der Waals surface area contributed by atoms with Crippen LogP contribution in [0.4, 0.5) is 10.5 Å². The fourth-order valence-electron chi connectivity index (χ4n) is 6.19. The summed E-state index contributed by atoms with van der Waals surface area (Å²) in [7, 11) is 0. The molecule has 3 fully saturated rings. The van der Waals surface area contributed by atoms with Crippen LogP contribution in [0.3, 0.4) is 0 Å². The van der Waals surface area contributed by atoms with E-state index in [4.69, 9.17) is 18.6 Å². The number of fused-ring (bicyclic) bond motifs is 1. The van der Waals surface area contributed by atoms with Gasteiger partial charge in [-0.05, 0) is 76.1 Å². The van der Waals surface area contributed by atoms with Crippen LogP contribution in [0.1, 0.15) is 82.7 Å². The summed E-state index contributed by atoms with van der Waals surface area (Å²) >= 11 is 0. The van der Waals surface area contributed by atoms with Crippen molar-refractivity contribution in [1.29, 1.82) is 0 Å². The molecule has 2 amide bonds. The monoisotopic (exact) mass is 540 g/mol. The number of nitrogens with zero attached hydrogens (tertiary/aromatic N) is 1. The lowest BCUT2D eigenvalue weighted by atomic mass is 9.76. The molecule has 212 valence electrons. The summed E-state index contributed by atoms with van der Waals surface area (Å²) in [5, 5.41) is 3.71. The Morgan fingerprint density at radius 2 is 1.82 bits per heavy atom. The zero-order chi connectivity index (χ0) is 27.6. The highest BCUT2D eigenvalue weighted by Crippen LogP contribution is 2.40. The molecule has 1 N–H and O–H groups in total. The Bertz CT molecular complexity index is 1190. The van der Waals surface area contributed by atoms with Gasteiger partial charge in [0.15, 0.2) is 0 Å². The van der Waals surface area contributed by atoms with E-state index >= 15 is 0 Å². The van der Waals surface area contributed by atoms with E-state index in [1.54, 1.807) is 29.2 Å². The first-order valence-electron chi connectivity index (χ1n) is 14.3. The fraction of sp³-hybridized carbons (Fsp3) is 0.633. The highest BCUT2D eigenvalue weighted by atomic mass is 16.6. The summed E-state index contributed by atoms with van der Waals surface area (Å²) in [5.74, 6) is -0.132. The first kappa shape index (κ1) is 27.5. The number of esters is 1. The minimum absolute atomic E-state index is 0.0617. The smallest absolute Gasteiger partial charge is 0.410 e. The largest absolute Gasteiger partial charge is 0.457 e. The van der Waals surface area contributed by atoms with Gasteiger partial charge in [-0.2, -0.15) is 0 Å². The third kappa shape index (κ3) is 6.57. The van der Waals surface area contributed by atoms with Gasteiger partial charge in [-0.1, -0.05) is 32.1 Å².